The topological polar surface area (TPSA) is 125 Å². The lowest BCUT2D eigenvalue weighted by Gasteiger charge is -2.63. The van der Waals surface area contributed by atoms with E-state index in [0.29, 0.717) is 30.0 Å². The number of piperidine rings is 1. The molecule has 2 aromatic rings. The summed E-state index contributed by atoms with van der Waals surface area (Å²) in [5.74, 6) is -1.63. The lowest BCUT2D eigenvalue weighted by atomic mass is 9.47. The SMILES string of the molecule is CCOC(=O)c1ccc(NC(=O)C2C[C@@]3(O)[C@H]4Cc5ccc(O)c6c5[C@@]3(CCN4CC3CC3)[C@@H](O6)C2=O)cc1. The minimum absolute atomic E-state index is 0.0151. The molecule has 7 rings (SSSR count). The van der Waals surface area contributed by atoms with Crippen molar-refractivity contribution in [2.24, 2.45) is 11.8 Å². The number of nitrogens with one attached hydrogen (secondary N) is 1. The second kappa shape index (κ2) is 8.53. The van der Waals surface area contributed by atoms with Crippen molar-refractivity contribution in [1.82, 2.24) is 4.90 Å². The number of hydrogen-bond donors (Lipinski definition) is 3. The summed E-state index contributed by atoms with van der Waals surface area (Å²) in [5, 5.41) is 26.2. The summed E-state index contributed by atoms with van der Waals surface area (Å²) in [7, 11) is 0. The summed E-state index contributed by atoms with van der Waals surface area (Å²) in [4.78, 5) is 41.9. The second-order valence-electron chi connectivity index (χ2n) is 11.7. The molecule has 2 heterocycles. The van der Waals surface area contributed by atoms with E-state index in [1.807, 2.05) is 6.07 Å². The van der Waals surface area contributed by atoms with Crippen molar-refractivity contribution in [2.75, 3.05) is 25.0 Å². The first-order valence-corrected chi connectivity index (χ1v) is 13.9. The average molecular weight is 533 g/mol. The lowest BCUT2D eigenvalue weighted by molar-refractivity contribution is -0.197. The molecule has 0 aromatic heterocycles. The van der Waals surface area contributed by atoms with Gasteiger partial charge in [-0.25, -0.2) is 4.79 Å². The fraction of sp³-hybridized carbons (Fsp3) is 0.500. The summed E-state index contributed by atoms with van der Waals surface area (Å²) >= 11 is 0. The number of nitrogens with zero attached hydrogens (tertiary/aromatic N) is 1. The first-order valence-electron chi connectivity index (χ1n) is 13.9. The van der Waals surface area contributed by atoms with Crippen LogP contribution in [0.5, 0.6) is 11.5 Å². The molecule has 39 heavy (non-hydrogen) atoms. The van der Waals surface area contributed by atoms with Crippen LogP contribution in [0.1, 0.15) is 54.1 Å². The number of rotatable bonds is 6. The van der Waals surface area contributed by atoms with E-state index in [1.165, 1.54) is 12.8 Å². The Morgan fingerprint density at radius 2 is 1.95 bits per heavy atom. The van der Waals surface area contributed by atoms with Gasteiger partial charge in [-0.3, -0.25) is 14.5 Å². The van der Waals surface area contributed by atoms with E-state index in [2.05, 4.69) is 10.2 Å². The highest BCUT2D eigenvalue weighted by atomic mass is 16.5. The third kappa shape index (κ3) is 3.42. The summed E-state index contributed by atoms with van der Waals surface area (Å²) in [6.07, 6.45) is 2.40. The number of carbonyl (C=O) groups is 3. The smallest absolute Gasteiger partial charge is 0.338 e. The van der Waals surface area contributed by atoms with Crippen LogP contribution >= 0.6 is 0 Å². The Morgan fingerprint density at radius 1 is 1.18 bits per heavy atom. The van der Waals surface area contributed by atoms with Crippen molar-refractivity contribution in [3.63, 3.8) is 0 Å². The number of ether oxygens (including phenoxy) is 2. The zero-order valence-corrected chi connectivity index (χ0v) is 21.8. The number of aromatic hydroxyl groups is 1. The van der Waals surface area contributed by atoms with Crippen LogP contribution in [0.25, 0.3) is 0 Å². The molecule has 204 valence electrons. The van der Waals surface area contributed by atoms with E-state index in [1.54, 1.807) is 37.3 Å². The van der Waals surface area contributed by atoms with Gasteiger partial charge in [-0.2, -0.15) is 0 Å². The Labute approximate surface area is 226 Å². The molecule has 3 fully saturated rings. The number of aliphatic hydroxyl groups is 1. The number of ketones is 1. The van der Waals surface area contributed by atoms with Crippen LogP contribution in [0.3, 0.4) is 0 Å². The molecule has 2 aromatic carbocycles. The van der Waals surface area contributed by atoms with Gasteiger partial charge in [0.25, 0.3) is 0 Å². The van der Waals surface area contributed by atoms with E-state index in [4.69, 9.17) is 9.47 Å². The molecule has 9 heteroatoms. The zero-order valence-electron chi connectivity index (χ0n) is 21.8. The van der Waals surface area contributed by atoms with Crippen LogP contribution < -0.4 is 10.1 Å². The molecule has 1 spiro atoms. The van der Waals surface area contributed by atoms with Crippen LogP contribution in [0.2, 0.25) is 0 Å². The monoisotopic (exact) mass is 532 g/mol. The highest BCUT2D eigenvalue weighted by Crippen LogP contribution is 2.65. The highest BCUT2D eigenvalue weighted by molar-refractivity contribution is 6.10. The van der Waals surface area contributed by atoms with Crippen LogP contribution in [0.4, 0.5) is 5.69 Å². The van der Waals surface area contributed by atoms with Crippen molar-refractivity contribution in [2.45, 2.75) is 62.2 Å². The van der Waals surface area contributed by atoms with Gasteiger partial charge in [0.2, 0.25) is 5.91 Å². The molecule has 1 unspecified atom stereocenters. The fourth-order valence-corrected chi connectivity index (χ4v) is 7.66. The molecule has 3 N–H and O–H groups in total. The number of esters is 1. The quantitative estimate of drug-likeness (QED) is 0.383. The maximum absolute atomic E-state index is 14.0. The Hall–Kier alpha value is -3.43. The maximum Gasteiger partial charge on any atom is 0.338 e. The summed E-state index contributed by atoms with van der Waals surface area (Å²) < 4.78 is 11.2. The highest BCUT2D eigenvalue weighted by Gasteiger charge is 2.75. The van der Waals surface area contributed by atoms with E-state index in [-0.39, 0.29) is 36.4 Å². The van der Waals surface area contributed by atoms with E-state index >= 15 is 0 Å². The van der Waals surface area contributed by atoms with Crippen molar-refractivity contribution in [3.8, 4) is 11.5 Å². The van der Waals surface area contributed by atoms with Gasteiger partial charge in [0.05, 0.1) is 23.2 Å². The lowest BCUT2D eigenvalue weighted by Crippen LogP contribution is -2.78. The van der Waals surface area contributed by atoms with Crippen LogP contribution in [-0.2, 0) is 26.2 Å². The first kappa shape index (κ1) is 24.6. The van der Waals surface area contributed by atoms with Gasteiger partial charge >= 0.3 is 5.97 Å². The maximum atomic E-state index is 14.0. The normalized spacial score (nSPS) is 32.3. The van der Waals surface area contributed by atoms with Crippen LogP contribution in [0.15, 0.2) is 36.4 Å². The van der Waals surface area contributed by atoms with E-state index < -0.39 is 34.9 Å². The van der Waals surface area contributed by atoms with Gasteiger partial charge < -0.3 is 25.0 Å². The van der Waals surface area contributed by atoms with Crippen LogP contribution in [-0.4, -0.2) is 70.2 Å². The Morgan fingerprint density at radius 3 is 2.67 bits per heavy atom. The van der Waals surface area contributed by atoms with Gasteiger partial charge in [0.1, 0.15) is 5.92 Å². The van der Waals surface area contributed by atoms with Crippen LogP contribution in [0, 0.1) is 11.8 Å². The molecule has 9 nitrogen and oxygen atoms in total. The van der Waals surface area contributed by atoms with Gasteiger partial charge in [-0.1, -0.05) is 6.07 Å². The molecule has 0 radical (unpaired) electrons. The van der Waals surface area contributed by atoms with E-state index in [9.17, 15) is 24.6 Å². The molecular weight excluding hydrogens is 500 g/mol. The molecule has 2 bridgehead atoms. The van der Waals surface area contributed by atoms with Crippen molar-refractivity contribution < 1.29 is 34.1 Å². The number of benzene rings is 2. The Bertz CT molecular complexity index is 1390. The second-order valence-corrected chi connectivity index (χ2v) is 11.7. The summed E-state index contributed by atoms with van der Waals surface area (Å²) in [6, 6.07) is 9.52. The number of phenolic OH excluding ortho intramolecular Hbond substituents is 1. The average Bonchev–Trinajstić information content (AvgIpc) is 3.66. The Kier molecular flexibility index (Phi) is 5.38. The number of likely N-dealkylation sites (tertiary alicyclic amines) is 1. The molecule has 5 aliphatic rings. The molecule has 1 amide bonds. The first-order chi connectivity index (χ1) is 18.8. The Balaban J connectivity index is 1.23. The van der Waals surface area contributed by atoms with E-state index in [0.717, 1.165) is 24.2 Å². The van der Waals surface area contributed by atoms with Crippen molar-refractivity contribution >= 4 is 23.3 Å². The van der Waals surface area contributed by atoms with Gasteiger partial charge in [0.15, 0.2) is 23.4 Å². The third-order valence-electron chi connectivity index (χ3n) is 9.61. The molecule has 2 saturated carbocycles. The van der Waals surface area contributed by atoms with Gasteiger partial charge in [-0.15, -0.1) is 0 Å². The van der Waals surface area contributed by atoms with Crippen molar-refractivity contribution in [3.05, 3.63) is 53.1 Å². The fourth-order valence-electron chi connectivity index (χ4n) is 7.66. The number of anilines is 1. The predicted octanol–water partition coefficient (Wildman–Crippen LogP) is 2.57. The third-order valence-corrected chi connectivity index (χ3v) is 9.61. The summed E-state index contributed by atoms with van der Waals surface area (Å²) in [5.41, 5.74) is 0.174. The van der Waals surface area contributed by atoms with Gasteiger partial charge in [0, 0.05) is 23.8 Å². The number of phenols is 1. The molecule has 2 aliphatic heterocycles. The molecule has 1 saturated heterocycles. The zero-order chi connectivity index (χ0) is 27.1. The molecule has 5 atom stereocenters. The molecular formula is C30H32N2O7. The number of carbonyl (C=O) groups excluding carboxylic acids is 3. The standard InChI is InChI=1S/C30H32N2O7/c1-2-38-28(36)17-5-8-19(9-6-17)31-27(35)20-14-30(37)22-13-18-7-10-21(33)25-23(18)29(30,26(39-25)24(20)34)11-12-32(22)15-16-3-4-16/h5-10,16,20,22,26,33,37H,2-4,11-15H2,1H3,(H,31,35)/t20?,22-,26+,29+,30-/m1/s1. The largest absolute Gasteiger partial charge is 0.504 e. The number of amides is 1. The minimum atomic E-state index is -1.37. The number of Topliss-reactive ketones (excluding diaryl/α,β-unsaturated/α-hetero) is 1. The predicted molar refractivity (Wildman–Crippen MR) is 140 cm³/mol. The number of hydrogen-bond acceptors (Lipinski definition) is 8. The summed E-state index contributed by atoms with van der Waals surface area (Å²) in [6.45, 7) is 3.62. The van der Waals surface area contributed by atoms with Gasteiger partial charge in [-0.05, 0) is 87.4 Å². The molecule has 3 aliphatic carbocycles. The van der Waals surface area contributed by atoms with Crippen molar-refractivity contribution in [1.29, 1.82) is 0 Å². The minimum Gasteiger partial charge on any atom is -0.504 e.